The highest BCUT2D eigenvalue weighted by Gasteiger charge is 2.19. The molecule has 0 fully saturated rings. The van der Waals surface area contributed by atoms with Crippen molar-refractivity contribution in [2.75, 3.05) is 20.3 Å². The molecule has 0 aromatic heterocycles. The maximum absolute atomic E-state index is 10.6. The molecular weight excluding hydrogens is 174 g/mol. The summed E-state index contributed by atoms with van der Waals surface area (Å²) in [5, 5.41) is 20.3. The first-order valence-corrected chi connectivity index (χ1v) is 4.24. The first kappa shape index (κ1) is 12.3. The highest BCUT2D eigenvalue weighted by molar-refractivity contribution is 5.73. The fraction of sp³-hybridized carbons (Fsp3) is 0.875. The molecule has 2 unspecified atom stereocenters. The highest BCUT2D eigenvalue weighted by Crippen LogP contribution is 1.94. The summed E-state index contributed by atoms with van der Waals surface area (Å²) < 4.78 is 4.73. The van der Waals surface area contributed by atoms with Crippen LogP contribution in [0.3, 0.4) is 0 Å². The third-order valence-electron chi connectivity index (χ3n) is 1.78. The predicted molar refractivity (Wildman–Crippen MR) is 47.6 cm³/mol. The van der Waals surface area contributed by atoms with Crippen molar-refractivity contribution in [3.05, 3.63) is 0 Å². The topological polar surface area (TPSA) is 78.8 Å². The van der Waals surface area contributed by atoms with E-state index in [0.29, 0.717) is 6.42 Å². The molecule has 0 radical (unpaired) electrons. The summed E-state index contributed by atoms with van der Waals surface area (Å²) in [5.41, 5.74) is 0. The van der Waals surface area contributed by atoms with Gasteiger partial charge in [0.2, 0.25) is 0 Å². The SMILES string of the molecule is CCC(CO)NC(COC)C(=O)O. The smallest absolute Gasteiger partial charge is 0.323 e. The van der Waals surface area contributed by atoms with E-state index in [4.69, 9.17) is 14.9 Å². The van der Waals surface area contributed by atoms with Gasteiger partial charge in [0, 0.05) is 13.2 Å². The van der Waals surface area contributed by atoms with Crippen LogP contribution in [0.1, 0.15) is 13.3 Å². The Morgan fingerprint density at radius 1 is 1.62 bits per heavy atom. The Kier molecular flexibility index (Phi) is 6.48. The Hall–Kier alpha value is -0.650. The summed E-state index contributed by atoms with van der Waals surface area (Å²) in [6.07, 6.45) is 0.685. The molecule has 0 aliphatic carbocycles. The zero-order chi connectivity index (χ0) is 10.3. The monoisotopic (exact) mass is 191 g/mol. The van der Waals surface area contributed by atoms with Crippen LogP contribution in [0.5, 0.6) is 0 Å². The van der Waals surface area contributed by atoms with Crippen molar-refractivity contribution in [3.8, 4) is 0 Å². The number of methoxy groups -OCH3 is 1. The third-order valence-corrected chi connectivity index (χ3v) is 1.78. The lowest BCUT2D eigenvalue weighted by atomic mass is 10.2. The van der Waals surface area contributed by atoms with E-state index in [-0.39, 0.29) is 19.3 Å². The number of rotatable bonds is 7. The van der Waals surface area contributed by atoms with Crippen LogP contribution in [-0.2, 0) is 9.53 Å². The van der Waals surface area contributed by atoms with E-state index in [9.17, 15) is 4.79 Å². The summed E-state index contributed by atoms with van der Waals surface area (Å²) in [7, 11) is 1.44. The Labute approximate surface area is 77.7 Å². The van der Waals surface area contributed by atoms with E-state index in [1.165, 1.54) is 7.11 Å². The number of carbonyl (C=O) groups is 1. The van der Waals surface area contributed by atoms with Gasteiger partial charge in [0.15, 0.2) is 0 Å². The zero-order valence-electron chi connectivity index (χ0n) is 7.99. The van der Waals surface area contributed by atoms with Gasteiger partial charge in [-0.15, -0.1) is 0 Å². The lowest BCUT2D eigenvalue weighted by Gasteiger charge is -2.19. The molecule has 5 nitrogen and oxygen atoms in total. The maximum atomic E-state index is 10.6. The quantitative estimate of drug-likeness (QED) is 0.503. The van der Waals surface area contributed by atoms with Crippen LogP contribution in [0.2, 0.25) is 0 Å². The molecule has 0 aliphatic heterocycles. The molecule has 0 bridgehead atoms. The number of aliphatic hydroxyl groups is 1. The lowest BCUT2D eigenvalue weighted by Crippen LogP contribution is -2.47. The van der Waals surface area contributed by atoms with E-state index in [1.807, 2.05) is 6.92 Å². The second kappa shape index (κ2) is 6.82. The number of nitrogens with one attached hydrogen (secondary N) is 1. The minimum Gasteiger partial charge on any atom is -0.480 e. The summed E-state index contributed by atoms with van der Waals surface area (Å²) in [6.45, 7) is 1.91. The van der Waals surface area contributed by atoms with Gasteiger partial charge in [0.05, 0.1) is 13.2 Å². The van der Waals surface area contributed by atoms with Gasteiger partial charge in [-0.3, -0.25) is 10.1 Å². The van der Waals surface area contributed by atoms with E-state index in [2.05, 4.69) is 5.32 Å². The molecule has 2 atom stereocenters. The Morgan fingerprint density at radius 3 is 2.54 bits per heavy atom. The Bertz CT molecular complexity index is 147. The molecule has 0 saturated carbocycles. The van der Waals surface area contributed by atoms with Crippen LogP contribution in [0.25, 0.3) is 0 Å². The van der Waals surface area contributed by atoms with Crippen molar-refractivity contribution < 1.29 is 19.7 Å². The van der Waals surface area contributed by atoms with Gasteiger partial charge in [0.25, 0.3) is 0 Å². The van der Waals surface area contributed by atoms with E-state index >= 15 is 0 Å². The van der Waals surface area contributed by atoms with Crippen LogP contribution in [0.4, 0.5) is 0 Å². The molecule has 13 heavy (non-hydrogen) atoms. The van der Waals surface area contributed by atoms with E-state index in [1.54, 1.807) is 0 Å². The molecule has 0 spiro atoms. The summed E-state index contributed by atoms with van der Waals surface area (Å²) in [5.74, 6) is -0.964. The molecule has 0 amide bonds. The number of hydrogen-bond acceptors (Lipinski definition) is 4. The number of carboxylic acid groups (broad SMARTS) is 1. The fourth-order valence-corrected chi connectivity index (χ4v) is 0.942. The van der Waals surface area contributed by atoms with Crippen LogP contribution in [-0.4, -0.2) is 48.6 Å². The van der Waals surface area contributed by atoms with Gasteiger partial charge in [-0.25, -0.2) is 0 Å². The summed E-state index contributed by atoms with van der Waals surface area (Å²) in [4.78, 5) is 10.6. The van der Waals surface area contributed by atoms with Crippen LogP contribution >= 0.6 is 0 Å². The van der Waals surface area contributed by atoms with Gasteiger partial charge in [-0.1, -0.05) is 6.92 Å². The van der Waals surface area contributed by atoms with Crippen molar-refractivity contribution in [2.24, 2.45) is 0 Å². The minimum atomic E-state index is -0.964. The van der Waals surface area contributed by atoms with Crippen molar-refractivity contribution in [1.82, 2.24) is 5.32 Å². The van der Waals surface area contributed by atoms with Crippen molar-refractivity contribution >= 4 is 5.97 Å². The van der Waals surface area contributed by atoms with Crippen LogP contribution in [0.15, 0.2) is 0 Å². The molecule has 3 N–H and O–H groups in total. The third kappa shape index (κ3) is 4.82. The molecule has 0 saturated heterocycles. The highest BCUT2D eigenvalue weighted by atomic mass is 16.5. The van der Waals surface area contributed by atoms with Gasteiger partial charge in [0.1, 0.15) is 6.04 Å². The number of aliphatic hydroxyl groups excluding tert-OH is 1. The summed E-state index contributed by atoms with van der Waals surface area (Å²) in [6, 6.07) is -0.932. The molecule has 5 heteroatoms. The van der Waals surface area contributed by atoms with Gasteiger partial charge in [-0.05, 0) is 6.42 Å². The van der Waals surface area contributed by atoms with Gasteiger partial charge >= 0.3 is 5.97 Å². The average Bonchev–Trinajstić information content (AvgIpc) is 2.11. The molecule has 0 aromatic carbocycles. The number of aliphatic carboxylic acids is 1. The summed E-state index contributed by atoms with van der Waals surface area (Å²) >= 11 is 0. The maximum Gasteiger partial charge on any atom is 0.323 e. The molecular formula is C8H17NO4. The second-order valence-electron chi connectivity index (χ2n) is 2.80. The lowest BCUT2D eigenvalue weighted by molar-refractivity contribution is -0.141. The van der Waals surface area contributed by atoms with E-state index in [0.717, 1.165) is 0 Å². The molecule has 78 valence electrons. The average molecular weight is 191 g/mol. The van der Waals surface area contributed by atoms with Crippen molar-refractivity contribution in [3.63, 3.8) is 0 Å². The Balaban J connectivity index is 3.99. The largest absolute Gasteiger partial charge is 0.480 e. The van der Waals surface area contributed by atoms with Crippen molar-refractivity contribution in [2.45, 2.75) is 25.4 Å². The minimum absolute atomic E-state index is 0.0655. The zero-order valence-corrected chi connectivity index (χ0v) is 7.99. The van der Waals surface area contributed by atoms with Crippen LogP contribution < -0.4 is 5.32 Å². The standard InChI is InChI=1S/C8H17NO4/c1-3-6(4-10)9-7(5-13-2)8(11)12/h6-7,9-10H,3-5H2,1-2H3,(H,11,12). The van der Waals surface area contributed by atoms with Gasteiger partial charge < -0.3 is 14.9 Å². The van der Waals surface area contributed by atoms with Crippen LogP contribution in [0, 0.1) is 0 Å². The Morgan fingerprint density at radius 2 is 2.23 bits per heavy atom. The molecule has 0 rings (SSSR count). The normalized spacial score (nSPS) is 15.3. The predicted octanol–water partition coefficient (Wildman–Crippen LogP) is -0.553. The number of carboxylic acids is 1. The molecule has 0 aliphatic rings. The van der Waals surface area contributed by atoms with Gasteiger partial charge in [-0.2, -0.15) is 0 Å². The van der Waals surface area contributed by atoms with Crippen molar-refractivity contribution in [1.29, 1.82) is 0 Å². The van der Waals surface area contributed by atoms with E-state index < -0.39 is 12.0 Å². The fourth-order valence-electron chi connectivity index (χ4n) is 0.942. The molecule has 0 aromatic rings. The number of ether oxygens (including phenoxy) is 1. The number of hydrogen-bond donors (Lipinski definition) is 3. The first-order valence-electron chi connectivity index (χ1n) is 4.24. The first-order chi connectivity index (χ1) is 6.15. The molecule has 0 heterocycles. The second-order valence-corrected chi connectivity index (χ2v) is 2.80.